The van der Waals surface area contributed by atoms with Crippen LogP contribution in [0.4, 0.5) is 0 Å². The predicted octanol–water partition coefficient (Wildman–Crippen LogP) is 0.663. The summed E-state index contributed by atoms with van der Waals surface area (Å²) in [5.41, 5.74) is 1.07. The summed E-state index contributed by atoms with van der Waals surface area (Å²) in [4.78, 5) is 25.2. The van der Waals surface area contributed by atoms with Crippen LogP contribution in [0.5, 0.6) is 5.75 Å². The molecule has 1 aromatic rings. The number of hydrogen-bond acceptors (Lipinski definition) is 3. The van der Waals surface area contributed by atoms with Gasteiger partial charge >= 0.3 is 0 Å². The van der Waals surface area contributed by atoms with Crippen LogP contribution in [0, 0.1) is 6.92 Å². The van der Waals surface area contributed by atoms with Gasteiger partial charge in [-0.1, -0.05) is 6.07 Å². The first-order valence-corrected chi connectivity index (χ1v) is 5.94. The summed E-state index contributed by atoms with van der Waals surface area (Å²) in [6, 6.07) is 4.90. The lowest BCUT2D eigenvalue weighted by molar-refractivity contribution is -0.120. The number of phenolic OH excluding ortho intramolecular Hbond substituents is 1. The second kappa shape index (κ2) is 5.08. The lowest BCUT2D eigenvalue weighted by Gasteiger charge is -2.20. The molecule has 0 bridgehead atoms. The highest BCUT2D eigenvalue weighted by Crippen LogP contribution is 2.21. The highest BCUT2D eigenvalue weighted by atomic mass is 16.3. The second-order valence-electron chi connectivity index (χ2n) is 4.34. The number of benzene rings is 1. The number of phenols is 1. The van der Waals surface area contributed by atoms with Crippen LogP contribution in [0.3, 0.4) is 0 Å². The van der Waals surface area contributed by atoms with E-state index < -0.39 is 0 Å². The van der Waals surface area contributed by atoms with E-state index in [1.165, 1.54) is 0 Å². The van der Waals surface area contributed by atoms with Crippen molar-refractivity contribution in [1.82, 2.24) is 10.2 Å². The van der Waals surface area contributed by atoms with Crippen molar-refractivity contribution in [3.05, 3.63) is 29.3 Å². The Kier molecular flexibility index (Phi) is 3.50. The minimum absolute atomic E-state index is 0.0297. The predicted molar refractivity (Wildman–Crippen MR) is 66.4 cm³/mol. The zero-order valence-electron chi connectivity index (χ0n) is 10.3. The molecule has 0 aliphatic carbocycles. The Balaban J connectivity index is 2.20. The van der Waals surface area contributed by atoms with Gasteiger partial charge in [-0.25, -0.2) is 0 Å². The topological polar surface area (TPSA) is 69.6 Å². The van der Waals surface area contributed by atoms with Crippen LogP contribution in [0.2, 0.25) is 0 Å². The molecule has 0 aromatic heterocycles. The van der Waals surface area contributed by atoms with Crippen molar-refractivity contribution in [3.8, 4) is 5.75 Å². The van der Waals surface area contributed by atoms with Gasteiger partial charge in [-0.2, -0.15) is 0 Å². The number of carbonyl (C=O) groups is 2. The highest BCUT2D eigenvalue weighted by Gasteiger charge is 2.21. The quantitative estimate of drug-likeness (QED) is 0.767. The minimum Gasteiger partial charge on any atom is -0.508 e. The molecule has 1 saturated heterocycles. The maximum Gasteiger partial charge on any atom is 0.254 e. The fraction of sp³-hybridized carbons (Fsp3) is 0.385. The van der Waals surface area contributed by atoms with Crippen LogP contribution in [0.1, 0.15) is 22.3 Å². The third-order valence-corrected chi connectivity index (χ3v) is 3.14. The Bertz CT molecular complexity index is 485. The van der Waals surface area contributed by atoms with E-state index in [-0.39, 0.29) is 17.6 Å². The molecular formula is C13H16N2O3. The molecule has 0 radical (unpaired) electrons. The van der Waals surface area contributed by atoms with E-state index in [0.717, 1.165) is 0 Å². The molecule has 1 aromatic carbocycles. The monoisotopic (exact) mass is 248 g/mol. The maximum absolute atomic E-state index is 12.3. The molecule has 1 aliphatic heterocycles. The van der Waals surface area contributed by atoms with E-state index in [1.807, 2.05) is 0 Å². The second-order valence-corrected chi connectivity index (χ2v) is 4.34. The molecule has 18 heavy (non-hydrogen) atoms. The standard InChI is InChI=1S/C13H16N2O3/c1-9-10(3-2-4-11(9)16)13(18)15-7-5-12(17)14-6-8-15/h2-4,16H,5-8H2,1H3,(H,14,17). The number of nitrogens with zero attached hydrogens (tertiary/aromatic N) is 1. The SMILES string of the molecule is Cc1c(O)cccc1C(=O)N1CCNC(=O)CC1. The smallest absolute Gasteiger partial charge is 0.254 e. The molecule has 1 fully saturated rings. The number of nitrogens with one attached hydrogen (secondary N) is 1. The van der Waals surface area contributed by atoms with Crippen molar-refractivity contribution in [1.29, 1.82) is 0 Å². The number of carbonyl (C=O) groups excluding carboxylic acids is 2. The summed E-state index contributed by atoms with van der Waals surface area (Å²) in [5.74, 6) is -0.0531. The van der Waals surface area contributed by atoms with Gasteiger partial charge in [0, 0.05) is 37.2 Å². The van der Waals surface area contributed by atoms with Gasteiger partial charge in [-0.3, -0.25) is 9.59 Å². The van der Waals surface area contributed by atoms with Crippen molar-refractivity contribution in [2.45, 2.75) is 13.3 Å². The first-order chi connectivity index (χ1) is 8.59. The van der Waals surface area contributed by atoms with Gasteiger partial charge < -0.3 is 15.3 Å². The van der Waals surface area contributed by atoms with Gasteiger partial charge in [-0.05, 0) is 19.1 Å². The number of aromatic hydroxyl groups is 1. The van der Waals surface area contributed by atoms with Crippen LogP contribution in [0.15, 0.2) is 18.2 Å². The summed E-state index contributed by atoms with van der Waals surface area (Å²) in [5, 5.41) is 12.3. The molecule has 2 rings (SSSR count). The van der Waals surface area contributed by atoms with Gasteiger partial charge in [0.2, 0.25) is 5.91 Å². The molecule has 5 nitrogen and oxygen atoms in total. The molecule has 1 heterocycles. The molecular weight excluding hydrogens is 232 g/mol. The highest BCUT2D eigenvalue weighted by molar-refractivity contribution is 5.96. The number of rotatable bonds is 1. The van der Waals surface area contributed by atoms with Gasteiger partial charge in [0.1, 0.15) is 5.75 Å². The van der Waals surface area contributed by atoms with Crippen LogP contribution < -0.4 is 5.32 Å². The van der Waals surface area contributed by atoms with Gasteiger partial charge in [0.15, 0.2) is 0 Å². The Morgan fingerprint density at radius 2 is 2.17 bits per heavy atom. The zero-order valence-corrected chi connectivity index (χ0v) is 10.3. The summed E-state index contributed by atoms with van der Waals surface area (Å²) in [6.45, 7) is 3.10. The van der Waals surface area contributed by atoms with Crippen molar-refractivity contribution < 1.29 is 14.7 Å². The van der Waals surface area contributed by atoms with Crippen LogP contribution >= 0.6 is 0 Å². The average molecular weight is 248 g/mol. The van der Waals surface area contributed by atoms with E-state index in [4.69, 9.17) is 0 Å². The fourth-order valence-corrected chi connectivity index (χ4v) is 2.00. The van der Waals surface area contributed by atoms with E-state index in [0.29, 0.717) is 37.2 Å². The van der Waals surface area contributed by atoms with Crippen molar-refractivity contribution in [2.24, 2.45) is 0 Å². The summed E-state index contributed by atoms with van der Waals surface area (Å²) in [7, 11) is 0. The summed E-state index contributed by atoms with van der Waals surface area (Å²) >= 11 is 0. The molecule has 0 unspecified atom stereocenters. The molecule has 2 amide bonds. The van der Waals surface area contributed by atoms with Crippen LogP contribution in [-0.2, 0) is 4.79 Å². The maximum atomic E-state index is 12.3. The lowest BCUT2D eigenvalue weighted by Crippen LogP contribution is -2.34. The van der Waals surface area contributed by atoms with Gasteiger partial charge in [0.25, 0.3) is 5.91 Å². The van der Waals surface area contributed by atoms with Gasteiger partial charge in [0.05, 0.1) is 0 Å². The Morgan fingerprint density at radius 3 is 2.94 bits per heavy atom. The van der Waals surface area contributed by atoms with Crippen molar-refractivity contribution in [3.63, 3.8) is 0 Å². The first kappa shape index (κ1) is 12.4. The van der Waals surface area contributed by atoms with E-state index >= 15 is 0 Å². The summed E-state index contributed by atoms with van der Waals surface area (Å²) < 4.78 is 0. The Labute approximate surface area is 105 Å². The Morgan fingerprint density at radius 1 is 1.39 bits per heavy atom. The molecule has 1 aliphatic rings. The summed E-state index contributed by atoms with van der Waals surface area (Å²) in [6.07, 6.45) is 0.323. The molecule has 0 spiro atoms. The normalized spacial score (nSPS) is 16.1. The largest absolute Gasteiger partial charge is 0.508 e. The van der Waals surface area contributed by atoms with E-state index in [2.05, 4.69) is 5.32 Å². The molecule has 96 valence electrons. The van der Waals surface area contributed by atoms with Crippen molar-refractivity contribution in [2.75, 3.05) is 19.6 Å². The third-order valence-electron chi connectivity index (χ3n) is 3.14. The zero-order chi connectivity index (χ0) is 13.1. The van der Waals surface area contributed by atoms with Crippen LogP contribution in [0.25, 0.3) is 0 Å². The van der Waals surface area contributed by atoms with Gasteiger partial charge in [-0.15, -0.1) is 0 Å². The molecule has 0 saturated carbocycles. The van der Waals surface area contributed by atoms with E-state index in [9.17, 15) is 14.7 Å². The third kappa shape index (κ3) is 2.45. The minimum atomic E-state index is -0.139. The lowest BCUT2D eigenvalue weighted by atomic mass is 10.1. The fourth-order valence-electron chi connectivity index (χ4n) is 2.00. The molecule has 2 N–H and O–H groups in total. The molecule has 0 atom stereocenters. The van der Waals surface area contributed by atoms with Crippen molar-refractivity contribution >= 4 is 11.8 Å². The Hall–Kier alpha value is -2.04. The average Bonchev–Trinajstić information content (AvgIpc) is 2.57. The van der Waals surface area contributed by atoms with Crippen LogP contribution in [-0.4, -0.2) is 41.5 Å². The first-order valence-electron chi connectivity index (χ1n) is 5.94. The molecule has 5 heteroatoms. The van der Waals surface area contributed by atoms with E-state index in [1.54, 1.807) is 30.0 Å². The number of amides is 2. The number of hydrogen-bond donors (Lipinski definition) is 2.